The third-order valence-electron chi connectivity index (χ3n) is 3.28. The summed E-state index contributed by atoms with van der Waals surface area (Å²) in [5, 5.41) is 0. The highest BCUT2D eigenvalue weighted by Crippen LogP contribution is 2.08. The van der Waals surface area contributed by atoms with Crippen molar-refractivity contribution in [2.75, 3.05) is 13.2 Å². The topological polar surface area (TPSA) is 46.6 Å². The van der Waals surface area contributed by atoms with Gasteiger partial charge in [-0.25, -0.2) is 4.79 Å². The van der Waals surface area contributed by atoms with Crippen LogP contribution in [0.25, 0.3) is 0 Å². The first-order valence-electron chi connectivity index (χ1n) is 7.83. The van der Waals surface area contributed by atoms with Gasteiger partial charge in [0.1, 0.15) is 0 Å². The molecule has 0 aromatic rings. The monoisotopic (exact) mass is 295 g/mol. The van der Waals surface area contributed by atoms with Gasteiger partial charge in [-0.2, -0.15) is 0 Å². The van der Waals surface area contributed by atoms with Crippen LogP contribution < -0.4 is 0 Å². The summed E-state index contributed by atoms with van der Waals surface area (Å²) in [7, 11) is 0. The van der Waals surface area contributed by atoms with E-state index < -0.39 is 0 Å². The molecular weight excluding hydrogens is 266 g/mol. The minimum atomic E-state index is -0.237. The molecule has 0 aliphatic carbocycles. The van der Waals surface area contributed by atoms with Crippen LogP contribution in [0.5, 0.6) is 0 Å². The summed E-state index contributed by atoms with van der Waals surface area (Å²) in [5.74, 6) is -0.0287. The molecule has 1 fully saturated rings. The average molecular weight is 295 g/mol. The number of rotatable bonds is 8. The second-order valence-corrected chi connectivity index (χ2v) is 5.03. The average Bonchev–Trinajstić information content (AvgIpc) is 2.91. The van der Waals surface area contributed by atoms with E-state index in [9.17, 15) is 9.59 Å². The fourth-order valence-corrected chi connectivity index (χ4v) is 1.80. The van der Waals surface area contributed by atoms with Crippen LogP contribution in [-0.2, 0) is 14.3 Å². The van der Waals surface area contributed by atoms with E-state index in [1.54, 1.807) is 11.1 Å². The lowest BCUT2D eigenvalue weighted by Crippen LogP contribution is -2.16. The lowest BCUT2D eigenvalue weighted by molar-refractivity contribution is -0.139. The predicted octanol–water partition coefficient (Wildman–Crippen LogP) is 3.83. The number of esters is 1. The second kappa shape index (κ2) is 12.2. The van der Waals surface area contributed by atoms with E-state index in [0.717, 1.165) is 25.8 Å². The molecule has 1 aliphatic heterocycles. The van der Waals surface area contributed by atoms with Crippen LogP contribution in [0.15, 0.2) is 24.9 Å². The lowest BCUT2D eigenvalue weighted by atomic mass is 10.2. The number of unbranched alkanes of at least 4 members (excludes halogenated alkanes) is 3. The van der Waals surface area contributed by atoms with Crippen LogP contribution in [-0.4, -0.2) is 29.9 Å². The first kappa shape index (κ1) is 19.4. The SMILES string of the molecule is C=C(CC)C(=O)OCCCCCC.C=CN1CCCC1=O. The van der Waals surface area contributed by atoms with Gasteiger partial charge in [0.2, 0.25) is 5.91 Å². The molecule has 21 heavy (non-hydrogen) atoms. The fourth-order valence-electron chi connectivity index (χ4n) is 1.80. The summed E-state index contributed by atoms with van der Waals surface area (Å²) in [4.78, 5) is 23.4. The maximum absolute atomic E-state index is 11.1. The van der Waals surface area contributed by atoms with Crippen molar-refractivity contribution in [3.05, 3.63) is 24.9 Å². The van der Waals surface area contributed by atoms with Gasteiger partial charge in [-0.15, -0.1) is 0 Å². The molecule has 0 aromatic heterocycles. The van der Waals surface area contributed by atoms with Crippen LogP contribution in [0.3, 0.4) is 0 Å². The van der Waals surface area contributed by atoms with Crippen molar-refractivity contribution in [1.29, 1.82) is 0 Å². The van der Waals surface area contributed by atoms with Crippen LogP contribution in [0, 0.1) is 0 Å². The molecule has 1 rings (SSSR count). The molecule has 1 amide bonds. The molecule has 120 valence electrons. The molecule has 0 spiro atoms. The number of amides is 1. The number of carbonyl (C=O) groups excluding carboxylic acids is 2. The number of nitrogens with zero attached hydrogens (tertiary/aromatic N) is 1. The van der Waals surface area contributed by atoms with Crippen molar-refractivity contribution < 1.29 is 14.3 Å². The summed E-state index contributed by atoms with van der Waals surface area (Å²) in [6, 6.07) is 0. The highest BCUT2D eigenvalue weighted by Gasteiger charge is 2.16. The van der Waals surface area contributed by atoms with Crippen LogP contribution in [0.2, 0.25) is 0 Å². The zero-order chi connectivity index (χ0) is 16.1. The Balaban J connectivity index is 0.000000423. The second-order valence-electron chi connectivity index (χ2n) is 5.03. The van der Waals surface area contributed by atoms with Crippen LogP contribution >= 0.6 is 0 Å². The van der Waals surface area contributed by atoms with Gasteiger partial charge in [-0.05, 0) is 25.5 Å². The van der Waals surface area contributed by atoms with E-state index in [0.29, 0.717) is 25.0 Å². The van der Waals surface area contributed by atoms with Crippen molar-refractivity contribution in [1.82, 2.24) is 4.90 Å². The molecule has 1 aliphatic rings. The molecule has 0 radical (unpaired) electrons. The summed E-state index contributed by atoms with van der Waals surface area (Å²) < 4.78 is 5.00. The van der Waals surface area contributed by atoms with E-state index in [4.69, 9.17) is 4.74 Å². The Morgan fingerprint density at radius 2 is 2.05 bits per heavy atom. The summed E-state index contributed by atoms with van der Waals surface area (Å²) in [5.41, 5.74) is 0.565. The summed E-state index contributed by atoms with van der Waals surface area (Å²) in [6.45, 7) is 12.6. The molecule has 0 atom stereocenters. The minimum absolute atomic E-state index is 0.208. The molecule has 1 saturated heterocycles. The summed E-state index contributed by atoms with van der Waals surface area (Å²) >= 11 is 0. The zero-order valence-corrected chi connectivity index (χ0v) is 13.5. The number of hydrogen-bond donors (Lipinski definition) is 0. The highest BCUT2D eigenvalue weighted by atomic mass is 16.5. The maximum Gasteiger partial charge on any atom is 0.333 e. The fraction of sp³-hybridized carbons (Fsp3) is 0.647. The summed E-state index contributed by atoms with van der Waals surface area (Å²) in [6.07, 6.45) is 8.49. The lowest BCUT2D eigenvalue weighted by Gasteiger charge is -2.05. The van der Waals surface area contributed by atoms with E-state index >= 15 is 0 Å². The molecule has 0 saturated carbocycles. The molecule has 0 N–H and O–H groups in total. The molecule has 4 nitrogen and oxygen atoms in total. The normalized spacial score (nSPS) is 13.4. The van der Waals surface area contributed by atoms with E-state index in [2.05, 4.69) is 20.1 Å². The number of likely N-dealkylation sites (tertiary alicyclic amines) is 1. The van der Waals surface area contributed by atoms with Gasteiger partial charge in [0.15, 0.2) is 0 Å². The molecule has 1 heterocycles. The number of carbonyl (C=O) groups is 2. The molecular formula is C17H29NO3. The quantitative estimate of drug-likeness (QED) is 0.388. The Morgan fingerprint density at radius 1 is 1.33 bits per heavy atom. The van der Waals surface area contributed by atoms with E-state index in [1.807, 2.05) is 6.92 Å². The van der Waals surface area contributed by atoms with Crippen LogP contribution in [0.4, 0.5) is 0 Å². The van der Waals surface area contributed by atoms with Gasteiger partial charge in [0.25, 0.3) is 0 Å². The first-order valence-corrected chi connectivity index (χ1v) is 7.83. The largest absolute Gasteiger partial charge is 0.462 e. The Kier molecular flexibility index (Phi) is 11.3. The van der Waals surface area contributed by atoms with E-state index in [1.165, 1.54) is 12.8 Å². The van der Waals surface area contributed by atoms with Gasteiger partial charge in [0, 0.05) is 18.5 Å². The highest BCUT2D eigenvalue weighted by molar-refractivity contribution is 5.87. The molecule has 0 unspecified atom stereocenters. The molecule has 0 aromatic carbocycles. The standard InChI is InChI=1S/C11H20O2.C6H9NO/c1-4-6-7-8-9-13-11(12)10(3)5-2;1-2-7-5-3-4-6(7)8/h3-9H2,1-2H3;2H,1,3-5H2. The van der Waals surface area contributed by atoms with Gasteiger partial charge in [-0.1, -0.05) is 46.3 Å². The van der Waals surface area contributed by atoms with Crippen LogP contribution in [0.1, 0.15) is 58.8 Å². The van der Waals surface area contributed by atoms with Crippen molar-refractivity contribution in [3.63, 3.8) is 0 Å². The van der Waals surface area contributed by atoms with Crippen molar-refractivity contribution in [2.45, 2.75) is 58.8 Å². The van der Waals surface area contributed by atoms with Gasteiger partial charge < -0.3 is 9.64 Å². The smallest absolute Gasteiger partial charge is 0.333 e. The number of ether oxygens (including phenoxy) is 1. The van der Waals surface area contributed by atoms with Crippen molar-refractivity contribution in [3.8, 4) is 0 Å². The first-order chi connectivity index (χ1) is 10.1. The third-order valence-corrected chi connectivity index (χ3v) is 3.28. The zero-order valence-electron chi connectivity index (χ0n) is 13.5. The van der Waals surface area contributed by atoms with Gasteiger partial charge >= 0.3 is 5.97 Å². The number of hydrogen-bond acceptors (Lipinski definition) is 3. The maximum atomic E-state index is 11.1. The van der Waals surface area contributed by atoms with E-state index in [-0.39, 0.29) is 11.9 Å². The van der Waals surface area contributed by atoms with Crippen molar-refractivity contribution in [2.24, 2.45) is 0 Å². The molecule has 4 heteroatoms. The van der Waals surface area contributed by atoms with Gasteiger partial charge in [0.05, 0.1) is 6.61 Å². The predicted molar refractivity (Wildman–Crippen MR) is 85.7 cm³/mol. The minimum Gasteiger partial charge on any atom is -0.462 e. The Hall–Kier alpha value is -1.58. The molecule has 0 bridgehead atoms. The third kappa shape index (κ3) is 9.05. The van der Waals surface area contributed by atoms with Gasteiger partial charge in [-0.3, -0.25) is 4.79 Å². The Morgan fingerprint density at radius 3 is 2.48 bits per heavy atom. The Labute approximate surface area is 128 Å². The Bertz CT molecular complexity index is 350. The van der Waals surface area contributed by atoms with Crippen molar-refractivity contribution >= 4 is 11.9 Å².